The molecule has 2 atom stereocenters. The summed E-state index contributed by atoms with van der Waals surface area (Å²) < 4.78 is 25.6. The van der Waals surface area contributed by atoms with Crippen molar-refractivity contribution in [1.29, 1.82) is 0 Å². The summed E-state index contributed by atoms with van der Waals surface area (Å²) in [6.45, 7) is 7.50. The molecule has 1 aliphatic heterocycles. The molecule has 1 fully saturated rings. The molecule has 0 spiro atoms. The van der Waals surface area contributed by atoms with Gasteiger partial charge in [0.15, 0.2) is 0 Å². The molecule has 0 aromatic heterocycles. The minimum atomic E-state index is -3.15. The summed E-state index contributed by atoms with van der Waals surface area (Å²) in [6, 6.07) is 0. The third kappa shape index (κ3) is 2.71. The maximum Gasteiger partial charge on any atom is 0.217 e. The van der Waals surface area contributed by atoms with Crippen LogP contribution in [-0.2, 0) is 10.0 Å². The molecule has 0 aromatic carbocycles. The average molecular weight is 234 g/mol. The Bertz CT molecular complexity index is 301. The van der Waals surface area contributed by atoms with Gasteiger partial charge in [-0.2, -0.15) is 0 Å². The van der Waals surface area contributed by atoms with Crippen LogP contribution in [0.5, 0.6) is 0 Å². The van der Waals surface area contributed by atoms with Crippen molar-refractivity contribution in [3.05, 3.63) is 0 Å². The number of hydrogen-bond donors (Lipinski definition) is 1. The molecule has 0 aromatic rings. The lowest BCUT2D eigenvalue weighted by atomic mass is 9.96. The van der Waals surface area contributed by atoms with Crippen molar-refractivity contribution in [2.75, 3.05) is 19.6 Å². The lowest BCUT2D eigenvalue weighted by Crippen LogP contribution is -2.39. The second kappa shape index (κ2) is 4.80. The highest BCUT2D eigenvalue weighted by molar-refractivity contribution is 7.89. The molecule has 0 aliphatic carbocycles. The molecular weight excluding hydrogens is 212 g/mol. The van der Waals surface area contributed by atoms with Crippen LogP contribution in [0.2, 0.25) is 0 Å². The van der Waals surface area contributed by atoms with Gasteiger partial charge in [-0.3, -0.25) is 0 Å². The van der Waals surface area contributed by atoms with Crippen molar-refractivity contribution in [2.45, 2.75) is 32.4 Å². The zero-order chi connectivity index (χ0) is 11.6. The Morgan fingerprint density at radius 3 is 2.40 bits per heavy atom. The fourth-order valence-corrected chi connectivity index (χ4v) is 3.42. The van der Waals surface area contributed by atoms with Crippen molar-refractivity contribution < 1.29 is 8.42 Å². The first-order chi connectivity index (χ1) is 6.89. The van der Waals surface area contributed by atoms with E-state index in [0.29, 0.717) is 24.9 Å². The number of sulfonamides is 1. The van der Waals surface area contributed by atoms with E-state index in [-0.39, 0.29) is 6.54 Å². The molecule has 1 saturated heterocycles. The largest absolute Gasteiger partial charge is 0.329 e. The van der Waals surface area contributed by atoms with Crippen LogP contribution in [-0.4, -0.2) is 37.6 Å². The highest BCUT2D eigenvalue weighted by Gasteiger charge is 2.35. The minimum Gasteiger partial charge on any atom is -0.329 e. The summed E-state index contributed by atoms with van der Waals surface area (Å²) in [4.78, 5) is 0. The number of rotatable bonds is 4. The predicted molar refractivity (Wildman–Crippen MR) is 62.0 cm³/mol. The third-order valence-corrected chi connectivity index (χ3v) is 5.59. The summed E-state index contributed by atoms with van der Waals surface area (Å²) in [5, 5.41) is -0.455. The quantitative estimate of drug-likeness (QED) is 0.776. The maximum atomic E-state index is 12.0. The van der Waals surface area contributed by atoms with Gasteiger partial charge in [-0.15, -0.1) is 0 Å². The molecule has 4 nitrogen and oxygen atoms in total. The summed E-state index contributed by atoms with van der Waals surface area (Å²) >= 11 is 0. The summed E-state index contributed by atoms with van der Waals surface area (Å²) in [6.07, 6.45) is 0.980. The van der Waals surface area contributed by atoms with Crippen LogP contribution in [0.15, 0.2) is 0 Å². The first-order valence-corrected chi connectivity index (χ1v) is 7.09. The van der Waals surface area contributed by atoms with Crippen LogP contribution in [0.1, 0.15) is 27.2 Å². The van der Waals surface area contributed by atoms with E-state index >= 15 is 0 Å². The predicted octanol–water partition coefficient (Wildman–Crippen LogP) is 0.641. The van der Waals surface area contributed by atoms with Crippen molar-refractivity contribution in [1.82, 2.24) is 4.31 Å². The molecule has 2 N–H and O–H groups in total. The molecule has 0 saturated carbocycles. The SMILES string of the molecule is CC(C)C1CCN(S(=O)(=O)C(C)CN)C1. The molecule has 90 valence electrons. The minimum absolute atomic E-state index is 0.200. The van der Waals surface area contributed by atoms with E-state index in [4.69, 9.17) is 5.73 Å². The van der Waals surface area contributed by atoms with Crippen LogP contribution in [0.4, 0.5) is 0 Å². The lowest BCUT2D eigenvalue weighted by Gasteiger charge is -2.21. The number of hydrogen-bond acceptors (Lipinski definition) is 3. The van der Waals surface area contributed by atoms with Crippen molar-refractivity contribution in [3.8, 4) is 0 Å². The Balaban J connectivity index is 2.68. The smallest absolute Gasteiger partial charge is 0.217 e. The Morgan fingerprint density at radius 1 is 1.40 bits per heavy atom. The van der Waals surface area contributed by atoms with E-state index in [9.17, 15) is 8.42 Å². The topological polar surface area (TPSA) is 63.4 Å². The third-order valence-electron chi connectivity index (χ3n) is 3.33. The molecule has 0 bridgehead atoms. The highest BCUT2D eigenvalue weighted by Crippen LogP contribution is 2.26. The average Bonchev–Trinajstić information content (AvgIpc) is 2.65. The summed E-state index contributed by atoms with van der Waals surface area (Å²) in [5.74, 6) is 1.06. The van der Waals surface area contributed by atoms with Crippen LogP contribution in [0.3, 0.4) is 0 Å². The number of nitrogens with zero attached hydrogens (tertiary/aromatic N) is 1. The fourth-order valence-electron chi connectivity index (χ4n) is 1.91. The highest BCUT2D eigenvalue weighted by atomic mass is 32.2. The van der Waals surface area contributed by atoms with Gasteiger partial charge in [0.2, 0.25) is 10.0 Å². The van der Waals surface area contributed by atoms with E-state index in [2.05, 4.69) is 13.8 Å². The summed E-state index contributed by atoms with van der Waals surface area (Å²) in [7, 11) is -3.15. The standard InChI is InChI=1S/C10H22N2O2S/c1-8(2)10-4-5-12(7-10)15(13,14)9(3)6-11/h8-10H,4-7,11H2,1-3H3. The maximum absolute atomic E-state index is 12.0. The molecule has 5 heteroatoms. The number of nitrogens with two attached hydrogens (primary N) is 1. The van der Waals surface area contributed by atoms with Gasteiger partial charge in [-0.05, 0) is 25.2 Å². The van der Waals surface area contributed by atoms with Crippen molar-refractivity contribution in [2.24, 2.45) is 17.6 Å². The van der Waals surface area contributed by atoms with Crippen LogP contribution >= 0.6 is 0 Å². The van der Waals surface area contributed by atoms with Gasteiger partial charge in [0.25, 0.3) is 0 Å². The van der Waals surface area contributed by atoms with E-state index in [1.165, 1.54) is 0 Å². The van der Waals surface area contributed by atoms with Gasteiger partial charge in [0.1, 0.15) is 0 Å². The van der Waals surface area contributed by atoms with E-state index in [1.54, 1.807) is 11.2 Å². The Morgan fingerprint density at radius 2 is 2.00 bits per heavy atom. The van der Waals surface area contributed by atoms with Gasteiger partial charge in [-0.1, -0.05) is 13.8 Å². The lowest BCUT2D eigenvalue weighted by molar-refractivity contribution is 0.386. The summed E-state index contributed by atoms with van der Waals surface area (Å²) in [5.41, 5.74) is 5.41. The van der Waals surface area contributed by atoms with Gasteiger partial charge in [0, 0.05) is 19.6 Å². The first-order valence-electron chi connectivity index (χ1n) is 5.58. The molecule has 0 amide bonds. The van der Waals surface area contributed by atoms with Gasteiger partial charge in [-0.25, -0.2) is 12.7 Å². The van der Waals surface area contributed by atoms with E-state index in [0.717, 1.165) is 6.42 Å². The Labute approximate surface area is 92.9 Å². The van der Waals surface area contributed by atoms with Gasteiger partial charge in [0.05, 0.1) is 5.25 Å². The second-order valence-corrected chi connectivity index (χ2v) is 7.09. The molecule has 1 aliphatic rings. The molecule has 1 rings (SSSR count). The van der Waals surface area contributed by atoms with Gasteiger partial charge >= 0.3 is 0 Å². The van der Waals surface area contributed by atoms with E-state index in [1.807, 2.05) is 0 Å². The zero-order valence-corrected chi connectivity index (χ0v) is 10.6. The van der Waals surface area contributed by atoms with Crippen molar-refractivity contribution >= 4 is 10.0 Å². The monoisotopic (exact) mass is 234 g/mol. The normalized spacial score (nSPS) is 26.1. The molecule has 1 heterocycles. The second-order valence-electron chi connectivity index (χ2n) is 4.74. The van der Waals surface area contributed by atoms with Crippen molar-refractivity contribution in [3.63, 3.8) is 0 Å². The van der Waals surface area contributed by atoms with Crippen LogP contribution < -0.4 is 5.73 Å². The van der Waals surface area contributed by atoms with Crippen LogP contribution in [0.25, 0.3) is 0 Å². The van der Waals surface area contributed by atoms with Gasteiger partial charge < -0.3 is 5.73 Å². The Kier molecular flexibility index (Phi) is 4.14. The molecular formula is C10H22N2O2S. The molecule has 0 radical (unpaired) electrons. The molecule has 15 heavy (non-hydrogen) atoms. The van der Waals surface area contributed by atoms with E-state index < -0.39 is 15.3 Å². The molecule has 2 unspecified atom stereocenters. The zero-order valence-electron chi connectivity index (χ0n) is 9.81. The first kappa shape index (κ1) is 12.9. The Hall–Kier alpha value is -0.130. The fraction of sp³-hybridized carbons (Fsp3) is 1.00. The van der Waals surface area contributed by atoms with Crippen LogP contribution in [0, 0.1) is 11.8 Å².